The summed E-state index contributed by atoms with van der Waals surface area (Å²) in [7, 11) is 0. The van der Waals surface area contributed by atoms with Crippen LogP contribution in [0.2, 0.25) is 0 Å². The molecule has 2 aromatic heterocycles. The van der Waals surface area contributed by atoms with E-state index < -0.39 is 0 Å². The van der Waals surface area contributed by atoms with Crippen LogP contribution >= 0.6 is 0 Å². The van der Waals surface area contributed by atoms with Gasteiger partial charge in [0.15, 0.2) is 5.82 Å². The number of benzene rings is 7. The van der Waals surface area contributed by atoms with Gasteiger partial charge in [-0.15, -0.1) is 0 Å². The molecular weight excluding hydrogens is 693 g/mol. The van der Waals surface area contributed by atoms with Crippen molar-refractivity contribution in [3.8, 4) is 84.5 Å². The van der Waals surface area contributed by atoms with Gasteiger partial charge in [0.05, 0.1) is 23.0 Å². The molecule has 0 saturated heterocycles. The minimum Gasteiger partial charge on any atom is -0.264 e. The molecule has 9 aromatic rings. The Morgan fingerprint density at radius 2 is 1.07 bits per heavy atom. The average Bonchev–Trinajstić information content (AvgIpc) is 3.51. The lowest BCUT2D eigenvalue weighted by molar-refractivity contribution is 0.661. The monoisotopic (exact) mass is 728 g/mol. The Balaban J connectivity index is 1.19. The lowest BCUT2D eigenvalue weighted by Crippen LogP contribution is -2.15. The fourth-order valence-electron chi connectivity index (χ4n) is 8.45. The van der Waals surface area contributed by atoms with Crippen LogP contribution in [0, 0.1) is 11.3 Å². The van der Waals surface area contributed by atoms with E-state index in [1.165, 1.54) is 38.6 Å². The quantitative estimate of drug-likeness (QED) is 0.171. The van der Waals surface area contributed by atoms with Gasteiger partial charge in [0.25, 0.3) is 0 Å². The van der Waals surface area contributed by atoms with Crippen molar-refractivity contribution in [2.45, 2.75) is 19.3 Å². The second-order valence-corrected chi connectivity index (χ2v) is 15.2. The molecule has 57 heavy (non-hydrogen) atoms. The molecular formula is C53H36N4. The predicted octanol–water partition coefficient (Wildman–Crippen LogP) is 13.2. The number of aromatic nitrogens is 3. The van der Waals surface area contributed by atoms with E-state index >= 15 is 0 Å². The normalized spacial score (nSPS) is 12.5. The molecule has 2 heterocycles. The van der Waals surface area contributed by atoms with Crippen LogP contribution in [0.5, 0.6) is 0 Å². The van der Waals surface area contributed by atoms with Gasteiger partial charge in [0.1, 0.15) is 0 Å². The molecule has 1 aliphatic carbocycles. The maximum absolute atomic E-state index is 9.81. The van der Waals surface area contributed by atoms with Crippen molar-refractivity contribution in [2.24, 2.45) is 0 Å². The molecule has 10 rings (SSSR count). The molecule has 0 amide bonds. The Morgan fingerprint density at radius 1 is 0.456 bits per heavy atom. The smallest absolute Gasteiger partial charge is 0.160 e. The van der Waals surface area contributed by atoms with Gasteiger partial charge >= 0.3 is 0 Å². The van der Waals surface area contributed by atoms with E-state index in [1.807, 2.05) is 48.8 Å². The Kier molecular flexibility index (Phi) is 8.17. The van der Waals surface area contributed by atoms with Gasteiger partial charge in [-0.05, 0) is 109 Å². The van der Waals surface area contributed by atoms with Gasteiger partial charge in [-0.25, -0.2) is 9.97 Å². The molecule has 1 aliphatic rings. The first-order valence-electron chi connectivity index (χ1n) is 19.2. The van der Waals surface area contributed by atoms with Crippen molar-refractivity contribution >= 4 is 10.8 Å². The van der Waals surface area contributed by atoms with Gasteiger partial charge in [-0.1, -0.05) is 135 Å². The topological polar surface area (TPSA) is 62.5 Å². The van der Waals surface area contributed by atoms with Gasteiger partial charge in [0.2, 0.25) is 0 Å². The highest BCUT2D eigenvalue weighted by Gasteiger charge is 2.37. The standard InChI is InChI=1S/C53H36N4/c1-53(2)47-26-34(32-54)19-24-45(47)51-44-18-10-9-17-43(44)46(30-48(51)53)41-27-40(39-16-11-25-55-33-39)28-42(29-41)50-31-49(56-52(57-50)38-14-7-4-8-15-38)37-22-20-36(21-23-37)35-12-5-3-6-13-35/h3-31,33H,1-2H3. The maximum atomic E-state index is 9.81. The van der Waals surface area contributed by atoms with Crippen LogP contribution < -0.4 is 0 Å². The maximum Gasteiger partial charge on any atom is 0.160 e. The molecule has 0 atom stereocenters. The van der Waals surface area contributed by atoms with Crippen LogP contribution in [0.3, 0.4) is 0 Å². The molecule has 0 N–H and O–H groups in total. The summed E-state index contributed by atoms with van der Waals surface area (Å²) < 4.78 is 0. The van der Waals surface area contributed by atoms with Gasteiger partial charge in [-0.3, -0.25) is 4.98 Å². The summed E-state index contributed by atoms with van der Waals surface area (Å²) in [6, 6.07) is 61.8. The first kappa shape index (κ1) is 34.0. The first-order chi connectivity index (χ1) is 27.9. The molecule has 7 aromatic carbocycles. The third-order valence-electron chi connectivity index (χ3n) is 11.4. The second-order valence-electron chi connectivity index (χ2n) is 15.2. The molecule has 0 bridgehead atoms. The zero-order chi connectivity index (χ0) is 38.5. The molecule has 4 nitrogen and oxygen atoms in total. The molecule has 0 radical (unpaired) electrons. The Morgan fingerprint density at radius 3 is 1.79 bits per heavy atom. The van der Waals surface area contributed by atoms with Crippen molar-refractivity contribution in [1.29, 1.82) is 5.26 Å². The van der Waals surface area contributed by atoms with Gasteiger partial charge in [-0.2, -0.15) is 5.26 Å². The van der Waals surface area contributed by atoms with Crippen molar-refractivity contribution in [2.75, 3.05) is 0 Å². The van der Waals surface area contributed by atoms with Crippen molar-refractivity contribution in [3.05, 3.63) is 199 Å². The molecule has 268 valence electrons. The average molecular weight is 729 g/mol. The Labute approximate surface area is 332 Å². The number of rotatable bonds is 6. The van der Waals surface area contributed by atoms with Crippen molar-refractivity contribution in [3.63, 3.8) is 0 Å². The molecule has 0 fully saturated rings. The van der Waals surface area contributed by atoms with Crippen molar-refractivity contribution < 1.29 is 0 Å². The number of nitriles is 1. The minimum atomic E-state index is -0.303. The summed E-state index contributed by atoms with van der Waals surface area (Å²) in [6.07, 6.45) is 3.73. The van der Waals surface area contributed by atoms with Crippen LogP contribution in [0.15, 0.2) is 182 Å². The molecule has 0 saturated carbocycles. The fourth-order valence-corrected chi connectivity index (χ4v) is 8.45. The van der Waals surface area contributed by atoms with Crippen LogP contribution in [-0.4, -0.2) is 15.0 Å². The number of pyridine rings is 1. The Hall–Kier alpha value is -7.48. The number of fused-ring (bicyclic) bond motifs is 5. The predicted molar refractivity (Wildman–Crippen MR) is 232 cm³/mol. The van der Waals surface area contributed by atoms with Gasteiger partial charge < -0.3 is 0 Å². The summed E-state index contributed by atoms with van der Waals surface area (Å²) >= 11 is 0. The third kappa shape index (κ3) is 5.98. The SMILES string of the molecule is CC1(C)c2cc(C#N)ccc2-c2c1cc(-c1cc(-c3cccnc3)cc(-c3cc(-c4ccc(-c5ccccc5)cc4)nc(-c4ccccc4)n3)c1)c1ccccc21. The number of hydrogen-bond acceptors (Lipinski definition) is 4. The first-order valence-corrected chi connectivity index (χ1v) is 19.2. The van der Waals surface area contributed by atoms with E-state index in [1.54, 1.807) is 0 Å². The van der Waals surface area contributed by atoms with E-state index in [-0.39, 0.29) is 5.41 Å². The highest BCUT2D eigenvalue weighted by Crippen LogP contribution is 2.53. The second kappa shape index (κ2) is 13.7. The number of hydrogen-bond donors (Lipinski definition) is 0. The Bertz CT molecular complexity index is 3020. The van der Waals surface area contributed by atoms with Crippen LogP contribution in [-0.2, 0) is 5.41 Å². The summed E-state index contributed by atoms with van der Waals surface area (Å²) in [4.78, 5) is 14.9. The third-order valence-corrected chi connectivity index (χ3v) is 11.4. The van der Waals surface area contributed by atoms with Crippen LogP contribution in [0.4, 0.5) is 0 Å². The lowest BCUT2D eigenvalue weighted by atomic mass is 9.80. The highest BCUT2D eigenvalue weighted by atomic mass is 14.9. The van der Waals surface area contributed by atoms with E-state index in [2.05, 4.69) is 158 Å². The molecule has 4 heteroatoms. The van der Waals surface area contributed by atoms with E-state index in [9.17, 15) is 5.26 Å². The zero-order valence-electron chi connectivity index (χ0n) is 31.6. The summed E-state index contributed by atoms with van der Waals surface area (Å²) in [6.45, 7) is 4.55. The summed E-state index contributed by atoms with van der Waals surface area (Å²) in [5, 5.41) is 12.2. The minimum absolute atomic E-state index is 0.303. The van der Waals surface area contributed by atoms with E-state index in [0.29, 0.717) is 11.4 Å². The summed E-state index contributed by atoms with van der Waals surface area (Å²) in [5.41, 5.74) is 16.5. The molecule has 0 aliphatic heterocycles. The van der Waals surface area contributed by atoms with E-state index in [0.717, 1.165) is 55.9 Å². The fraction of sp³-hybridized carbons (Fsp3) is 0.0566. The molecule has 0 unspecified atom stereocenters. The van der Waals surface area contributed by atoms with Gasteiger partial charge in [0, 0.05) is 40.1 Å². The lowest BCUT2D eigenvalue weighted by Gasteiger charge is -2.23. The zero-order valence-corrected chi connectivity index (χ0v) is 31.6. The largest absolute Gasteiger partial charge is 0.264 e. The number of nitrogens with zero attached hydrogens (tertiary/aromatic N) is 4. The summed E-state index contributed by atoms with van der Waals surface area (Å²) in [5.74, 6) is 0.669. The van der Waals surface area contributed by atoms with E-state index in [4.69, 9.17) is 9.97 Å². The highest BCUT2D eigenvalue weighted by molar-refractivity contribution is 6.09. The molecule has 0 spiro atoms. The van der Waals surface area contributed by atoms with Crippen LogP contribution in [0.1, 0.15) is 30.5 Å². The van der Waals surface area contributed by atoms with Crippen LogP contribution in [0.25, 0.3) is 89.2 Å². The van der Waals surface area contributed by atoms with Crippen molar-refractivity contribution in [1.82, 2.24) is 15.0 Å².